The Morgan fingerprint density at radius 2 is 1.90 bits per heavy atom. The topological polar surface area (TPSA) is 92.4 Å². The highest BCUT2D eigenvalue weighted by molar-refractivity contribution is 5.89. The third-order valence-corrected chi connectivity index (χ3v) is 4.50. The van der Waals surface area contributed by atoms with Gasteiger partial charge in [0.05, 0.1) is 13.7 Å². The molecule has 152 valence electrons. The average molecular weight is 395 g/mol. The molecule has 0 spiro atoms. The second kappa shape index (κ2) is 9.64. The fourth-order valence-electron chi connectivity index (χ4n) is 3.13. The van der Waals surface area contributed by atoms with Crippen LogP contribution in [0.15, 0.2) is 54.7 Å². The van der Waals surface area contributed by atoms with Crippen LogP contribution in [-0.2, 0) is 16.0 Å². The number of hydrogen-bond acceptors (Lipinski definition) is 4. The molecule has 0 aliphatic rings. The molecule has 0 fully saturated rings. The van der Waals surface area contributed by atoms with Gasteiger partial charge in [-0.15, -0.1) is 0 Å². The lowest BCUT2D eigenvalue weighted by Crippen LogP contribution is -2.48. The number of benzene rings is 2. The average Bonchev–Trinajstić information content (AvgIpc) is 3.13. The van der Waals surface area contributed by atoms with Crippen LogP contribution in [0.3, 0.4) is 0 Å². The zero-order valence-electron chi connectivity index (χ0n) is 16.5. The van der Waals surface area contributed by atoms with Crippen LogP contribution in [0.2, 0.25) is 0 Å². The van der Waals surface area contributed by atoms with E-state index >= 15 is 0 Å². The van der Waals surface area contributed by atoms with Crippen LogP contribution in [0.1, 0.15) is 12.5 Å². The second-order valence-electron chi connectivity index (χ2n) is 6.64. The third kappa shape index (κ3) is 5.51. The van der Waals surface area contributed by atoms with Crippen LogP contribution < -0.4 is 20.1 Å². The monoisotopic (exact) mass is 395 g/mol. The molecule has 1 unspecified atom stereocenters. The quantitative estimate of drug-likeness (QED) is 0.485. The number of amides is 2. The van der Waals surface area contributed by atoms with Crippen molar-refractivity contribution >= 4 is 22.7 Å². The number of methoxy groups -OCH3 is 1. The molecule has 0 saturated carbocycles. The van der Waals surface area contributed by atoms with E-state index in [1.807, 2.05) is 48.7 Å². The number of aromatic nitrogens is 1. The molecular weight excluding hydrogens is 370 g/mol. The molecule has 7 heteroatoms. The summed E-state index contributed by atoms with van der Waals surface area (Å²) < 4.78 is 10.8. The number of fused-ring (bicyclic) bond motifs is 1. The molecule has 0 saturated heterocycles. The summed E-state index contributed by atoms with van der Waals surface area (Å²) in [6, 6.07) is 14.5. The molecule has 2 amide bonds. The van der Waals surface area contributed by atoms with Crippen LogP contribution in [0.4, 0.5) is 0 Å². The fourth-order valence-corrected chi connectivity index (χ4v) is 3.13. The van der Waals surface area contributed by atoms with Gasteiger partial charge in [0.2, 0.25) is 11.8 Å². The van der Waals surface area contributed by atoms with Gasteiger partial charge in [-0.25, -0.2) is 0 Å². The molecule has 1 atom stereocenters. The van der Waals surface area contributed by atoms with Gasteiger partial charge < -0.3 is 25.1 Å². The van der Waals surface area contributed by atoms with Crippen LogP contribution >= 0.6 is 0 Å². The highest BCUT2D eigenvalue weighted by Gasteiger charge is 2.21. The van der Waals surface area contributed by atoms with Crippen molar-refractivity contribution in [2.45, 2.75) is 19.4 Å². The van der Waals surface area contributed by atoms with E-state index in [4.69, 9.17) is 9.47 Å². The van der Waals surface area contributed by atoms with Crippen molar-refractivity contribution < 1.29 is 19.1 Å². The predicted octanol–water partition coefficient (Wildman–Crippen LogP) is 2.42. The van der Waals surface area contributed by atoms with Crippen molar-refractivity contribution in [1.82, 2.24) is 15.6 Å². The molecule has 0 bridgehead atoms. The van der Waals surface area contributed by atoms with Gasteiger partial charge >= 0.3 is 0 Å². The van der Waals surface area contributed by atoms with E-state index < -0.39 is 6.04 Å². The van der Waals surface area contributed by atoms with E-state index in [-0.39, 0.29) is 11.8 Å². The lowest BCUT2D eigenvalue weighted by Gasteiger charge is -2.17. The first-order chi connectivity index (χ1) is 14.1. The molecule has 3 N–H and O–H groups in total. The number of hydrogen-bond donors (Lipinski definition) is 3. The summed E-state index contributed by atoms with van der Waals surface area (Å²) in [6.07, 6.45) is 2.27. The predicted molar refractivity (Wildman–Crippen MR) is 111 cm³/mol. The number of carbonyl (C=O) groups is 2. The van der Waals surface area contributed by atoms with E-state index in [1.165, 1.54) is 6.92 Å². The molecule has 2 aromatic carbocycles. The van der Waals surface area contributed by atoms with E-state index in [0.717, 1.165) is 16.5 Å². The molecule has 29 heavy (non-hydrogen) atoms. The minimum atomic E-state index is -0.663. The molecule has 3 aromatic rings. The zero-order valence-corrected chi connectivity index (χ0v) is 16.5. The summed E-state index contributed by atoms with van der Waals surface area (Å²) in [6.45, 7) is 2.03. The summed E-state index contributed by atoms with van der Waals surface area (Å²) in [5.41, 5.74) is 1.97. The lowest BCUT2D eigenvalue weighted by molar-refractivity contribution is -0.128. The van der Waals surface area contributed by atoms with Crippen molar-refractivity contribution in [1.29, 1.82) is 0 Å². The first kappa shape index (κ1) is 20.3. The van der Waals surface area contributed by atoms with Gasteiger partial charge in [-0.2, -0.15) is 0 Å². The van der Waals surface area contributed by atoms with Gasteiger partial charge in [-0.1, -0.05) is 24.3 Å². The first-order valence-electron chi connectivity index (χ1n) is 9.43. The molecule has 1 heterocycles. The maximum atomic E-state index is 12.6. The summed E-state index contributed by atoms with van der Waals surface area (Å²) in [7, 11) is 1.59. The lowest BCUT2D eigenvalue weighted by atomic mass is 10.0. The molecule has 3 rings (SSSR count). The Labute approximate surface area is 169 Å². The number of para-hydroxylation sites is 1. The summed E-state index contributed by atoms with van der Waals surface area (Å²) >= 11 is 0. The van der Waals surface area contributed by atoms with Crippen LogP contribution in [0.25, 0.3) is 10.9 Å². The summed E-state index contributed by atoms with van der Waals surface area (Å²) in [4.78, 5) is 27.4. The van der Waals surface area contributed by atoms with Crippen molar-refractivity contribution in [3.05, 3.63) is 60.3 Å². The van der Waals surface area contributed by atoms with Crippen molar-refractivity contribution in [3.8, 4) is 11.5 Å². The van der Waals surface area contributed by atoms with Crippen LogP contribution in [0, 0.1) is 0 Å². The third-order valence-electron chi connectivity index (χ3n) is 4.50. The van der Waals surface area contributed by atoms with Crippen LogP contribution in [0.5, 0.6) is 11.5 Å². The Kier molecular flexibility index (Phi) is 6.73. The number of H-pyrrole nitrogens is 1. The Balaban J connectivity index is 1.56. The Morgan fingerprint density at radius 3 is 2.69 bits per heavy atom. The molecule has 1 aromatic heterocycles. The Morgan fingerprint density at radius 1 is 1.10 bits per heavy atom. The van der Waals surface area contributed by atoms with E-state index in [9.17, 15) is 9.59 Å². The Hall–Kier alpha value is -3.48. The zero-order chi connectivity index (χ0) is 20.6. The summed E-state index contributed by atoms with van der Waals surface area (Å²) in [5, 5.41) is 6.60. The normalized spacial score (nSPS) is 11.7. The van der Waals surface area contributed by atoms with E-state index in [1.54, 1.807) is 13.2 Å². The fraction of sp³-hybridized carbons (Fsp3) is 0.273. The maximum absolute atomic E-state index is 12.6. The largest absolute Gasteiger partial charge is 0.497 e. The van der Waals surface area contributed by atoms with E-state index in [2.05, 4.69) is 15.6 Å². The van der Waals surface area contributed by atoms with Gasteiger partial charge in [0.1, 0.15) is 24.1 Å². The smallest absolute Gasteiger partial charge is 0.243 e. The molecular formula is C22H25N3O4. The first-order valence-corrected chi connectivity index (χ1v) is 9.43. The highest BCUT2D eigenvalue weighted by Crippen LogP contribution is 2.20. The van der Waals surface area contributed by atoms with Gasteiger partial charge in [0.15, 0.2) is 0 Å². The molecule has 0 radical (unpaired) electrons. The van der Waals surface area contributed by atoms with Gasteiger partial charge in [0, 0.05) is 36.5 Å². The highest BCUT2D eigenvalue weighted by atomic mass is 16.5. The minimum Gasteiger partial charge on any atom is -0.497 e. The van der Waals surface area contributed by atoms with Crippen molar-refractivity contribution in [3.63, 3.8) is 0 Å². The van der Waals surface area contributed by atoms with Gasteiger partial charge in [-0.05, 0) is 23.8 Å². The second-order valence-corrected chi connectivity index (χ2v) is 6.64. The number of aromatic amines is 1. The molecule has 7 nitrogen and oxygen atoms in total. The van der Waals surface area contributed by atoms with Crippen LogP contribution in [-0.4, -0.2) is 43.1 Å². The Bertz CT molecular complexity index is 983. The van der Waals surface area contributed by atoms with Crippen molar-refractivity contribution in [2.24, 2.45) is 0 Å². The van der Waals surface area contributed by atoms with Gasteiger partial charge in [-0.3, -0.25) is 9.59 Å². The number of carbonyl (C=O) groups excluding carboxylic acids is 2. The van der Waals surface area contributed by atoms with Gasteiger partial charge in [0.25, 0.3) is 0 Å². The van der Waals surface area contributed by atoms with E-state index in [0.29, 0.717) is 31.1 Å². The number of ether oxygens (including phenoxy) is 2. The maximum Gasteiger partial charge on any atom is 0.243 e. The van der Waals surface area contributed by atoms with Crippen molar-refractivity contribution in [2.75, 3.05) is 20.3 Å². The number of nitrogens with one attached hydrogen (secondary N) is 3. The standard InChI is InChI=1S/C22H25N3O4/c1-15(26)25-21(12-16-14-24-20-9-4-3-8-19(16)20)22(27)23-10-11-29-18-7-5-6-17(13-18)28-2/h3-9,13-14,21,24H,10-12H2,1-2H3,(H,23,27)(H,25,26). The molecule has 0 aliphatic heterocycles. The molecule has 0 aliphatic carbocycles. The summed E-state index contributed by atoms with van der Waals surface area (Å²) in [5.74, 6) is 0.865. The minimum absolute atomic E-state index is 0.250. The number of rotatable bonds is 9. The SMILES string of the molecule is COc1cccc(OCCNC(=O)C(Cc2c[nH]c3ccccc23)NC(C)=O)c1.